The predicted molar refractivity (Wildman–Crippen MR) is 69.6 cm³/mol. The van der Waals surface area contributed by atoms with Crippen molar-refractivity contribution >= 4 is 0 Å². The minimum absolute atomic E-state index is 0.216. The lowest BCUT2D eigenvalue weighted by Crippen LogP contribution is -2.07. The quantitative estimate of drug-likeness (QED) is 0.881. The zero-order valence-corrected chi connectivity index (χ0v) is 10.5. The highest BCUT2D eigenvalue weighted by Crippen LogP contribution is 2.36. The van der Waals surface area contributed by atoms with Crippen molar-refractivity contribution in [2.24, 2.45) is 0 Å². The third-order valence-electron chi connectivity index (χ3n) is 2.85. The topological polar surface area (TPSA) is 12.0 Å². The molecule has 0 unspecified atom stereocenters. The minimum Gasteiger partial charge on any atom is -0.316 e. The average molecular weight is 265 g/mol. The average Bonchev–Trinajstić information content (AvgIpc) is 2.38. The molecule has 0 saturated heterocycles. The molecule has 0 aliphatic heterocycles. The summed E-state index contributed by atoms with van der Waals surface area (Å²) in [6, 6.07) is 12.8. The lowest BCUT2D eigenvalue weighted by molar-refractivity contribution is -0.137. The number of rotatable bonds is 3. The second-order valence-electron chi connectivity index (χ2n) is 4.27. The van der Waals surface area contributed by atoms with Gasteiger partial charge in [0.1, 0.15) is 0 Å². The third kappa shape index (κ3) is 3.15. The van der Waals surface area contributed by atoms with Gasteiger partial charge in [0.15, 0.2) is 0 Å². The van der Waals surface area contributed by atoms with E-state index >= 15 is 0 Å². The first-order chi connectivity index (χ1) is 9.02. The molecule has 0 spiro atoms. The molecule has 0 saturated carbocycles. The standard InChI is InChI=1S/C15H14F3N/c1-19-10-11-5-4-6-12(9-11)13-7-2-3-8-14(13)15(16,17)18/h2-9,19H,10H2,1H3. The summed E-state index contributed by atoms with van der Waals surface area (Å²) < 4.78 is 38.9. The number of nitrogens with one attached hydrogen (secondary N) is 1. The van der Waals surface area contributed by atoms with E-state index in [-0.39, 0.29) is 5.56 Å². The zero-order chi connectivity index (χ0) is 13.9. The van der Waals surface area contributed by atoms with Crippen LogP contribution in [0, 0.1) is 0 Å². The lowest BCUT2D eigenvalue weighted by atomic mass is 9.98. The monoisotopic (exact) mass is 265 g/mol. The molecule has 0 aliphatic rings. The molecule has 0 aliphatic carbocycles. The maximum absolute atomic E-state index is 13.0. The molecule has 19 heavy (non-hydrogen) atoms. The van der Waals surface area contributed by atoms with E-state index in [1.165, 1.54) is 12.1 Å². The van der Waals surface area contributed by atoms with Crippen molar-refractivity contribution in [3.05, 3.63) is 59.7 Å². The molecule has 0 bridgehead atoms. The maximum Gasteiger partial charge on any atom is 0.417 e. The van der Waals surface area contributed by atoms with E-state index in [1.807, 2.05) is 6.07 Å². The molecule has 4 heteroatoms. The number of alkyl halides is 3. The second kappa shape index (κ2) is 5.45. The van der Waals surface area contributed by atoms with E-state index in [1.54, 1.807) is 31.3 Å². The van der Waals surface area contributed by atoms with Gasteiger partial charge in [-0.05, 0) is 35.9 Å². The van der Waals surface area contributed by atoms with Gasteiger partial charge in [-0.15, -0.1) is 0 Å². The van der Waals surface area contributed by atoms with Crippen molar-refractivity contribution in [1.82, 2.24) is 5.32 Å². The SMILES string of the molecule is CNCc1cccc(-c2ccccc2C(F)(F)F)c1. The fourth-order valence-corrected chi connectivity index (χ4v) is 2.03. The predicted octanol–water partition coefficient (Wildman–Crippen LogP) is 4.09. The number of hydrogen-bond donors (Lipinski definition) is 1. The van der Waals surface area contributed by atoms with Gasteiger partial charge in [-0.2, -0.15) is 13.2 Å². The van der Waals surface area contributed by atoms with Gasteiger partial charge in [0.05, 0.1) is 5.56 Å². The Bertz CT molecular complexity index is 561. The smallest absolute Gasteiger partial charge is 0.316 e. The highest BCUT2D eigenvalue weighted by atomic mass is 19.4. The Hall–Kier alpha value is -1.81. The fourth-order valence-electron chi connectivity index (χ4n) is 2.03. The molecule has 1 nitrogen and oxygen atoms in total. The van der Waals surface area contributed by atoms with Gasteiger partial charge in [-0.1, -0.05) is 36.4 Å². The van der Waals surface area contributed by atoms with Gasteiger partial charge in [0.2, 0.25) is 0 Å². The molecule has 2 aromatic carbocycles. The zero-order valence-electron chi connectivity index (χ0n) is 10.5. The van der Waals surface area contributed by atoms with Crippen LogP contribution in [0.3, 0.4) is 0 Å². The van der Waals surface area contributed by atoms with E-state index < -0.39 is 11.7 Å². The minimum atomic E-state index is -4.34. The van der Waals surface area contributed by atoms with Crippen molar-refractivity contribution in [2.75, 3.05) is 7.05 Å². The first-order valence-corrected chi connectivity index (χ1v) is 5.92. The van der Waals surface area contributed by atoms with Crippen LogP contribution in [0.15, 0.2) is 48.5 Å². The molecule has 100 valence electrons. The van der Waals surface area contributed by atoms with Gasteiger partial charge in [-0.3, -0.25) is 0 Å². The first-order valence-electron chi connectivity index (χ1n) is 5.92. The molecule has 0 radical (unpaired) electrons. The van der Waals surface area contributed by atoms with Crippen LogP contribution in [0.25, 0.3) is 11.1 Å². The van der Waals surface area contributed by atoms with Crippen molar-refractivity contribution in [3.63, 3.8) is 0 Å². The molecule has 0 heterocycles. The normalized spacial score (nSPS) is 11.6. The van der Waals surface area contributed by atoms with Crippen molar-refractivity contribution < 1.29 is 13.2 Å². The molecule has 0 aromatic heterocycles. The van der Waals surface area contributed by atoms with Crippen molar-refractivity contribution in [2.45, 2.75) is 12.7 Å². The molecule has 2 aromatic rings. The Balaban J connectivity index is 2.50. The molecule has 0 fully saturated rings. The summed E-state index contributed by atoms with van der Waals surface area (Å²) in [5.41, 5.74) is 1.15. The van der Waals surface area contributed by atoms with Crippen LogP contribution >= 0.6 is 0 Å². The Morgan fingerprint density at radius 3 is 2.42 bits per heavy atom. The molecule has 0 amide bonds. The van der Waals surface area contributed by atoms with E-state index in [2.05, 4.69) is 5.32 Å². The number of halogens is 3. The van der Waals surface area contributed by atoms with Crippen LogP contribution in [0.5, 0.6) is 0 Å². The maximum atomic E-state index is 13.0. The van der Waals surface area contributed by atoms with Gasteiger partial charge in [-0.25, -0.2) is 0 Å². The largest absolute Gasteiger partial charge is 0.417 e. The molecule has 1 N–H and O–H groups in total. The summed E-state index contributed by atoms with van der Waals surface area (Å²) in [5, 5.41) is 2.99. The number of benzene rings is 2. The molecule has 0 atom stereocenters. The molecule has 2 rings (SSSR count). The summed E-state index contributed by atoms with van der Waals surface area (Å²) in [4.78, 5) is 0. The third-order valence-corrected chi connectivity index (χ3v) is 2.85. The molecular formula is C15H14F3N. The van der Waals surface area contributed by atoms with Crippen molar-refractivity contribution in [3.8, 4) is 11.1 Å². The highest BCUT2D eigenvalue weighted by molar-refractivity contribution is 5.68. The summed E-state index contributed by atoms with van der Waals surface area (Å²) in [6.45, 7) is 0.627. The van der Waals surface area contributed by atoms with E-state index in [0.29, 0.717) is 12.1 Å². The summed E-state index contributed by atoms with van der Waals surface area (Å²) in [7, 11) is 1.80. The lowest BCUT2D eigenvalue weighted by Gasteiger charge is -2.13. The van der Waals surface area contributed by atoms with Crippen LogP contribution in [-0.2, 0) is 12.7 Å². The van der Waals surface area contributed by atoms with Gasteiger partial charge < -0.3 is 5.32 Å². The van der Waals surface area contributed by atoms with Gasteiger partial charge >= 0.3 is 6.18 Å². The van der Waals surface area contributed by atoms with Crippen LogP contribution < -0.4 is 5.32 Å². The summed E-state index contributed by atoms with van der Waals surface area (Å²) in [5.74, 6) is 0. The van der Waals surface area contributed by atoms with Gasteiger partial charge in [0, 0.05) is 6.54 Å². The van der Waals surface area contributed by atoms with E-state index in [9.17, 15) is 13.2 Å². The van der Waals surface area contributed by atoms with Crippen LogP contribution in [0.2, 0.25) is 0 Å². The van der Waals surface area contributed by atoms with E-state index in [0.717, 1.165) is 11.6 Å². The highest BCUT2D eigenvalue weighted by Gasteiger charge is 2.33. The Morgan fingerprint density at radius 1 is 1.00 bits per heavy atom. The van der Waals surface area contributed by atoms with Crippen molar-refractivity contribution in [1.29, 1.82) is 0 Å². The second-order valence-corrected chi connectivity index (χ2v) is 4.27. The molecular weight excluding hydrogens is 251 g/mol. The Labute approximate surface area is 110 Å². The summed E-state index contributed by atoms with van der Waals surface area (Å²) in [6.07, 6.45) is -4.34. The van der Waals surface area contributed by atoms with E-state index in [4.69, 9.17) is 0 Å². The Kier molecular flexibility index (Phi) is 3.90. The van der Waals surface area contributed by atoms with Crippen LogP contribution in [-0.4, -0.2) is 7.05 Å². The Morgan fingerprint density at radius 2 is 1.74 bits per heavy atom. The van der Waals surface area contributed by atoms with Crippen LogP contribution in [0.1, 0.15) is 11.1 Å². The fraction of sp³-hybridized carbons (Fsp3) is 0.200. The first kappa shape index (κ1) is 13.6. The van der Waals surface area contributed by atoms with Gasteiger partial charge in [0.25, 0.3) is 0 Å². The summed E-state index contributed by atoms with van der Waals surface area (Å²) >= 11 is 0. The number of hydrogen-bond acceptors (Lipinski definition) is 1. The van der Waals surface area contributed by atoms with Crippen LogP contribution in [0.4, 0.5) is 13.2 Å².